The zero-order chi connectivity index (χ0) is 9.68. The van der Waals surface area contributed by atoms with E-state index in [0.717, 1.165) is 0 Å². The molecular formula is C7H12N4O2. The summed E-state index contributed by atoms with van der Waals surface area (Å²) in [5.74, 6) is 0.527. The second-order valence-electron chi connectivity index (χ2n) is 2.71. The van der Waals surface area contributed by atoms with E-state index in [1.807, 2.05) is 0 Å². The van der Waals surface area contributed by atoms with E-state index < -0.39 is 0 Å². The van der Waals surface area contributed by atoms with Gasteiger partial charge in [0.15, 0.2) is 6.33 Å². The molecule has 0 aromatic carbocycles. The lowest BCUT2D eigenvalue weighted by atomic mass is 10.4. The van der Waals surface area contributed by atoms with Crippen molar-refractivity contribution < 1.29 is 9.32 Å². The van der Waals surface area contributed by atoms with Crippen LogP contribution < -0.4 is 5.32 Å². The number of hydrogen-bond acceptors (Lipinski definition) is 4. The van der Waals surface area contributed by atoms with E-state index in [-0.39, 0.29) is 6.03 Å². The first-order valence-corrected chi connectivity index (χ1v) is 3.91. The van der Waals surface area contributed by atoms with Crippen molar-refractivity contribution in [3.63, 3.8) is 0 Å². The SMILES string of the molecule is CN(C)C(=O)NCCc1ncno1. The molecule has 1 aromatic rings. The van der Waals surface area contributed by atoms with Gasteiger partial charge in [-0.05, 0) is 0 Å². The number of carbonyl (C=O) groups excluding carboxylic acids is 1. The van der Waals surface area contributed by atoms with Gasteiger partial charge in [-0.25, -0.2) is 4.79 Å². The first kappa shape index (κ1) is 9.50. The first-order chi connectivity index (χ1) is 6.20. The molecule has 1 N–H and O–H groups in total. The number of hydrogen-bond donors (Lipinski definition) is 1. The molecule has 0 aliphatic carbocycles. The lowest BCUT2D eigenvalue weighted by Gasteiger charge is -2.10. The molecule has 0 spiro atoms. The zero-order valence-corrected chi connectivity index (χ0v) is 7.65. The maximum absolute atomic E-state index is 11.0. The van der Waals surface area contributed by atoms with Gasteiger partial charge in [-0.1, -0.05) is 5.16 Å². The molecule has 0 bridgehead atoms. The summed E-state index contributed by atoms with van der Waals surface area (Å²) in [5.41, 5.74) is 0. The van der Waals surface area contributed by atoms with Crippen molar-refractivity contribution in [3.05, 3.63) is 12.2 Å². The van der Waals surface area contributed by atoms with Crippen LogP contribution in [0.5, 0.6) is 0 Å². The molecule has 0 radical (unpaired) electrons. The highest BCUT2D eigenvalue weighted by Gasteiger charge is 2.03. The molecule has 1 aromatic heterocycles. The molecule has 13 heavy (non-hydrogen) atoms. The molecule has 0 fully saturated rings. The van der Waals surface area contributed by atoms with Crippen LogP contribution in [-0.2, 0) is 6.42 Å². The molecule has 6 heteroatoms. The molecule has 6 nitrogen and oxygen atoms in total. The Morgan fingerprint density at radius 3 is 3.00 bits per heavy atom. The Hall–Kier alpha value is -1.59. The Labute approximate surface area is 75.9 Å². The Morgan fingerprint density at radius 2 is 2.46 bits per heavy atom. The van der Waals surface area contributed by atoms with Crippen molar-refractivity contribution in [2.24, 2.45) is 0 Å². The lowest BCUT2D eigenvalue weighted by molar-refractivity contribution is 0.217. The number of carbonyl (C=O) groups is 1. The normalized spacial score (nSPS) is 9.69. The Morgan fingerprint density at radius 1 is 1.69 bits per heavy atom. The minimum atomic E-state index is -0.125. The molecule has 72 valence electrons. The van der Waals surface area contributed by atoms with Gasteiger partial charge in [0.1, 0.15) is 0 Å². The van der Waals surface area contributed by atoms with Crippen LogP contribution in [0.15, 0.2) is 10.9 Å². The highest BCUT2D eigenvalue weighted by atomic mass is 16.5. The summed E-state index contributed by atoms with van der Waals surface area (Å²) in [4.78, 5) is 16.3. The predicted octanol–water partition coefficient (Wildman–Crippen LogP) is -0.117. The summed E-state index contributed by atoms with van der Waals surface area (Å²) in [6.45, 7) is 0.499. The van der Waals surface area contributed by atoms with E-state index in [4.69, 9.17) is 4.52 Å². The van der Waals surface area contributed by atoms with Crippen LogP contribution in [-0.4, -0.2) is 41.7 Å². The van der Waals surface area contributed by atoms with Crippen molar-refractivity contribution in [1.29, 1.82) is 0 Å². The highest BCUT2D eigenvalue weighted by Crippen LogP contribution is 1.90. The summed E-state index contributed by atoms with van der Waals surface area (Å²) in [6, 6.07) is -0.125. The summed E-state index contributed by atoms with van der Waals surface area (Å²) in [7, 11) is 3.37. The maximum Gasteiger partial charge on any atom is 0.316 e. The number of nitrogens with one attached hydrogen (secondary N) is 1. The van der Waals surface area contributed by atoms with Crippen molar-refractivity contribution in [3.8, 4) is 0 Å². The molecule has 0 saturated heterocycles. The molecule has 2 amide bonds. The van der Waals surface area contributed by atoms with Gasteiger partial charge in [-0.15, -0.1) is 0 Å². The third-order valence-corrected chi connectivity index (χ3v) is 1.43. The standard InChI is InChI=1S/C7H12N4O2/c1-11(2)7(12)8-4-3-6-9-5-10-13-6/h5H,3-4H2,1-2H3,(H,8,12). The average molecular weight is 184 g/mol. The van der Waals surface area contributed by atoms with Crippen LogP contribution in [0.4, 0.5) is 4.79 Å². The minimum Gasteiger partial charge on any atom is -0.340 e. The topological polar surface area (TPSA) is 71.3 Å². The molecule has 0 aliphatic rings. The van der Waals surface area contributed by atoms with Gasteiger partial charge in [-0.2, -0.15) is 4.98 Å². The smallest absolute Gasteiger partial charge is 0.316 e. The maximum atomic E-state index is 11.0. The number of aromatic nitrogens is 2. The summed E-state index contributed by atoms with van der Waals surface area (Å²) in [6.07, 6.45) is 1.89. The highest BCUT2D eigenvalue weighted by molar-refractivity contribution is 5.73. The van der Waals surface area contributed by atoms with Crippen LogP contribution >= 0.6 is 0 Å². The molecule has 1 heterocycles. The Kier molecular flexibility index (Phi) is 3.24. The van der Waals surface area contributed by atoms with Crippen LogP contribution in [0.2, 0.25) is 0 Å². The van der Waals surface area contributed by atoms with Gasteiger partial charge in [0.05, 0.1) is 0 Å². The quantitative estimate of drug-likeness (QED) is 0.711. The van der Waals surface area contributed by atoms with E-state index in [1.54, 1.807) is 14.1 Å². The number of nitrogens with zero attached hydrogens (tertiary/aromatic N) is 3. The van der Waals surface area contributed by atoms with Crippen molar-refractivity contribution in [2.45, 2.75) is 6.42 Å². The third-order valence-electron chi connectivity index (χ3n) is 1.43. The van der Waals surface area contributed by atoms with Gasteiger partial charge >= 0.3 is 6.03 Å². The fraction of sp³-hybridized carbons (Fsp3) is 0.571. The van der Waals surface area contributed by atoms with Crippen LogP contribution in [0, 0.1) is 0 Å². The predicted molar refractivity (Wildman–Crippen MR) is 45.1 cm³/mol. The third kappa shape index (κ3) is 3.10. The van der Waals surface area contributed by atoms with Gasteiger partial charge in [0.25, 0.3) is 0 Å². The monoisotopic (exact) mass is 184 g/mol. The zero-order valence-electron chi connectivity index (χ0n) is 7.65. The second-order valence-corrected chi connectivity index (χ2v) is 2.71. The van der Waals surface area contributed by atoms with Gasteiger partial charge in [-0.3, -0.25) is 0 Å². The van der Waals surface area contributed by atoms with Crippen LogP contribution in [0.25, 0.3) is 0 Å². The Balaban J connectivity index is 2.18. The molecule has 0 atom stereocenters. The van der Waals surface area contributed by atoms with Crippen molar-refractivity contribution >= 4 is 6.03 Å². The molecule has 0 aliphatic heterocycles. The van der Waals surface area contributed by atoms with Crippen LogP contribution in [0.3, 0.4) is 0 Å². The van der Waals surface area contributed by atoms with Crippen molar-refractivity contribution in [2.75, 3.05) is 20.6 Å². The molecule has 0 unspecified atom stereocenters. The summed E-state index contributed by atoms with van der Waals surface area (Å²) in [5, 5.41) is 6.13. The van der Waals surface area contributed by atoms with E-state index in [1.165, 1.54) is 11.2 Å². The average Bonchev–Trinajstić information content (AvgIpc) is 2.56. The van der Waals surface area contributed by atoms with E-state index in [0.29, 0.717) is 18.9 Å². The molecule has 1 rings (SSSR count). The summed E-state index contributed by atoms with van der Waals surface area (Å²) >= 11 is 0. The number of amides is 2. The fourth-order valence-electron chi connectivity index (χ4n) is 0.741. The lowest BCUT2D eigenvalue weighted by Crippen LogP contribution is -2.35. The molecular weight excluding hydrogens is 172 g/mol. The van der Waals surface area contributed by atoms with Gasteiger partial charge < -0.3 is 14.7 Å². The van der Waals surface area contributed by atoms with Crippen molar-refractivity contribution in [1.82, 2.24) is 20.4 Å². The molecule has 0 saturated carbocycles. The van der Waals surface area contributed by atoms with E-state index >= 15 is 0 Å². The van der Waals surface area contributed by atoms with E-state index in [9.17, 15) is 4.79 Å². The second kappa shape index (κ2) is 4.44. The minimum absolute atomic E-state index is 0.125. The fourth-order valence-corrected chi connectivity index (χ4v) is 0.741. The van der Waals surface area contributed by atoms with Crippen LogP contribution in [0.1, 0.15) is 5.89 Å². The van der Waals surface area contributed by atoms with Gasteiger partial charge in [0.2, 0.25) is 5.89 Å². The number of urea groups is 1. The van der Waals surface area contributed by atoms with E-state index in [2.05, 4.69) is 15.5 Å². The largest absolute Gasteiger partial charge is 0.340 e. The number of rotatable bonds is 3. The van der Waals surface area contributed by atoms with Gasteiger partial charge in [0, 0.05) is 27.1 Å². The Bertz CT molecular complexity index is 257. The first-order valence-electron chi connectivity index (χ1n) is 3.91. The summed E-state index contributed by atoms with van der Waals surface area (Å²) < 4.78 is 4.75.